The summed E-state index contributed by atoms with van der Waals surface area (Å²) in [6.45, 7) is 0. The van der Waals surface area contributed by atoms with Gasteiger partial charge in [0.2, 0.25) is 0 Å². The summed E-state index contributed by atoms with van der Waals surface area (Å²) in [5.74, 6) is 0.279. The maximum Gasteiger partial charge on any atom is 0.354 e. The fourth-order valence-corrected chi connectivity index (χ4v) is 3.06. The monoisotopic (exact) mass is 269 g/mol. The number of carbonyl (C=O) groups excluding carboxylic acids is 1. The highest BCUT2D eigenvalue weighted by atomic mass is 16.5. The molecule has 1 N–H and O–H groups in total. The van der Waals surface area contributed by atoms with Crippen molar-refractivity contribution in [3.05, 3.63) is 58.9 Å². The van der Waals surface area contributed by atoms with Crippen LogP contribution in [0.25, 0.3) is 0 Å². The summed E-state index contributed by atoms with van der Waals surface area (Å²) < 4.78 is 4.77. The summed E-state index contributed by atoms with van der Waals surface area (Å²) in [6.07, 6.45) is 4.43. The molecule has 1 aliphatic rings. The number of H-pyrrole nitrogens is 1. The van der Waals surface area contributed by atoms with Crippen LogP contribution >= 0.6 is 0 Å². The number of hydrogen-bond donors (Lipinski definition) is 1. The van der Waals surface area contributed by atoms with Crippen LogP contribution in [0.3, 0.4) is 0 Å². The van der Waals surface area contributed by atoms with E-state index in [1.54, 1.807) is 0 Å². The Morgan fingerprint density at radius 3 is 2.90 bits per heavy atom. The second-order valence-electron chi connectivity index (χ2n) is 5.37. The third-order valence-electron chi connectivity index (χ3n) is 4.15. The first-order valence-electron chi connectivity index (χ1n) is 7.12. The molecule has 0 aliphatic heterocycles. The molecule has 3 rings (SSSR count). The summed E-state index contributed by atoms with van der Waals surface area (Å²) in [7, 11) is 1.42. The second-order valence-corrected chi connectivity index (χ2v) is 5.37. The Kier molecular flexibility index (Phi) is 3.59. The number of aromatic amines is 1. The molecule has 0 saturated heterocycles. The van der Waals surface area contributed by atoms with Gasteiger partial charge in [0.05, 0.1) is 7.11 Å². The molecule has 1 aromatic heterocycles. The van der Waals surface area contributed by atoms with E-state index in [9.17, 15) is 4.79 Å². The molecule has 0 unspecified atom stereocenters. The predicted molar refractivity (Wildman–Crippen MR) is 78.0 cm³/mol. The van der Waals surface area contributed by atoms with E-state index < -0.39 is 0 Å². The lowest BCUT2D eigenvalue weighted by Crippen LogP contribution is -2.02. The van der Waals surface area contributed by atoms with Crippen molar-refractivity contribution >= 4 is 5.97 Å². The van der Waals surface area contributed by atoms with Crippen molar-refractivity contribution in [2.45, 2.75) is 31.6 Å². The van der Waals surface area contributed by atoms with Crippen LogP contribution in [0.4, 0.5) is 0 Å². The smallest absolute Gasteiger partial charge is 0.354 e. The second kappa shape index (κ2) is 5.53. The molecule has 20 heavy (non-hydrogen) atoms. The van der Waals surface area contributed by atoms with Crippen molar-refractivity contribution in [1.82, 2.24) is 4.98 Å². The lowest BCUT2D eigenvalue weighted by atomic mass is 9.95. The molecule has 0 spiro atoms. The molecular formula is C17H19NO2. The average Bonchev–Trinajstić information content (AvgIpc) is 3.06. The molecule has 3 nitrogen and oxygen atoms in total. The highest BCUT2D eigenvalue weighted by molar-refractivity contribution is 5.87. The Balaban J connectivity index is 1.69. The first kappa shape index (κ1) is 13.0. The van der Waals surface area contributed by atoms with Gasteiger partial charge in [-0.3, -0.25) is 0 Å². The van der Waals surface area contributed by atoms with Gasteiger partial charge in [-0.05, 0) is 48.8 Å². The zero-order valence-corrected chi connectivity index (χ0v) is 11.7. The minimum atomic E-state index is -0.277. The van der Waals surface area contributed by atoms with Crippen molar-refractivity contribution < 1.29 is 9.53 Å². The Labute approximate surface area is 119 Å². The molecule has 104 valence electrons. The van der Waals surface area contributed by atoms with Crippen LogP contribution in [0.1, 0.15) is 46.1 Å². The van der Waals surface area contributed by atoms with Gasteiger partial charge >= 0.3 is 5.97 Å². The van der Waals surface area contributed by atoms with Crippen molar-refractivity contribution in [2.24, 2.45) is 0 Å². The van der Waals surface area contributed by atoms with Crippen molar-refractivity contribution in [1.29, 1.82) is 0 Å². The summed E-state index contributed by atoms with van der Waals surface area (Å²) in [5, 5.41) is 0. The Morgan fingerprint density at radius 1 is 1.35 bits per heavy atom. The van der Waals surface area contributed by atoms with E-state index in [2.05, 4.69) is 29.2 Å². The van der Waals surface area contributed by atoms with Crippen LogP contribution in [-0.2, 0) is 17.6 Å². The van der Waals surface area contributed by atoms with E-state index in [0.29, 0.717) is 11.6 Å². The highest BCUT2D eigenvalue weighted by Crippen LogP contribution is 2.36. The number of esters is 1. The number of aryl methyl sites for hydroxylation is 2. The largest absolute Gasteiger partial charge is 0.464 e. The Morgan fingerprint density at radius 2 is 2.15 bits per heavy atom. The first-order chi connectivity index (χ1) is 9.78. The number of ether oxygens (including phenoxy) is 1. The van der Waals surface area contributed by atoms with Gasteiger partial charge in [-0.1, -0.05) is 30.3 Å². The van der Waals surface area contributed by atoms with Gasteiger partial charge in [0.25, 0.3) is 0 Å². The van der Waals surface area contributed by atoms with Gasteiger partial charge < -0.3 is 9.72 Å². The SMILES string of the molecule is COC(=O)c1cc2c([nH]1)CC[C@@H]2CCc1ccccc1. The van der Waals surface area contributed by atoms with Crippen LogP contribution in [-0.4, -0.2) is 18.1 Å². The van der Waals surface area contributed by atoms with Crippen LogP contribution in [0, 0.1) is 0 Å². The van der Waals surface area contributed by atoms with E-state index in [0.717, 1.165) is 19.3 Å². The molecule has 0 amide bonds. The Hall–Kier alpha value is -2.03. The van der Waals surface area contributed by atoms with Crippen molar-refractivity contribution in [3.63, 3.8) is 0 Å². The molecule has 0 saturated carbocycles. The zero-order valence-electron chi connectivity index (χ0n) is 11.7. The van der Waals surface area contributed by atoms with E-state index in [4.69, 9.17) is 4.74 Å². The fourth-order valence-electron chi connectivity index (χ4n) is 3.06. The number of nitrogens with one attached hydrogen (secondary N) is 1. The zero-order chi connectivity index (χ0) is 13.9. The van der Waals surface area contributed by atoms with Crippen LogP contribution in [0.2, 0.25) is 0 Å². The molecule has 1 aliphatic carbocycles. The number of aromatic nitrogens is 1. The minimum absolute atomic E-state index is 0.277. The van der Waals surface area contributed by atoms with Gasteiger partial charge in [0.15, 0.2) is 0 Å². The summed E-state index contributed by atoms with van der Waals surface area (Å²) in [6, 6.07) is 12.5. The highest BCUT2D eigenvalue weighted by Gasteiger charge is 2.26. The van der Waals surface area contributed by atoms with E-state index in [-0.39, 0.29) is 5.97 Å². The molecule has 2 aromatic rings. The van der Waals surface area contributed by atoms with Crippen LogP contribution in [0.15, 0.2) is 36.4 Å². The fraction of sp³-hybridized carbons (Fsp3) is 0.353. The number of benzene rings is 1. The molecule has 1 aromatic carbocycles. The quantitative estimate of drug-likeness (QED) is 0.864. The topological polar surface area (TPSA) is 42.1 Å². The van der Waals surface area contributed by atoms with Crippen LogP contribution in [0.5, 0.6) is 0 Å². The molecule has 1 heterocycles. The maximum absolute atomic E-state index is 11.6. The third kappa shape index (κ3) is 2.48. The van der Waals surface area contributed by atoms with E-state index in [1.165, 1.54) is 30.4 Å². The number of fused-ring (bicyclic) bond motifs is 1. The van der Waals surface area contributed by atoms with E-state index >= 15 is 0 Å². The molecule has 3 heteroatoms. The van der Waals surface area contributed by atoms with Gasteiger partial charge in [0.1, 0.15) is 5.69 Å². The normalized spacial score (nSPS) is 16.9. The third-order valence-corrected chi connectivity index (χ3v) is 4.15. The number of hydrogen-bond acceptors (Lipinski definition) is 2. The van der Waals surface area contributed by atoms with Crippen LogP contribution < -0.4 is 0 Å². The average molecular weight is 269 g/mol. The first-order valence-corrected chi connectivity index (χ1v) is 7.12. The van der Waals surface area contributed by atoms with E-state index in [1.807, 2.05) is 12.1 Å². The molecule has 0 bridgehead atoms. The van der Waals surface area contributed by atoms with Gasteiger partial charge in [0, 0.05) is 5.69 Å². The summed E-state index contributed by atoms with van der Waals surface area (Å²) in [4.78, 5) is 14.7. The molecule has 0 radical (unpaired) electrons. The maximum atomic E-state index is 11.6. The van der Waals surface area contributed by atoms with Gasteiger partial charge in [-0.2, -0.15) is 0 Å². The number of rotatable bonds is 4. The lowest BCUT2D eigenvalue weighted by Gasteiger charge is -2.09. The predicted octanol–water partition coefficient (Wildman–Crippen LogP) is 3.46. The molecular weight excluding hydrogens is 250 g/mol. The summed E-state index contributed by atoms with van der Waals surface area (Å²) in [5.41, 5.74) is 4.48. The lowest BCUT2D eigenvalue weighted by molar-refractivity contribution is 0.0594. The van der Waals surface area contributed by atoms with Gasteiger partial charge in [-0.15, -0.1) is 0 Å². The molecule has 1 atom stereocenters. The van der Waals surface area contributed by atoms with Crippen molar-refractivity contribution in [3.8, 4) is 0 Å². The number of carbonyl (C=O) groups is 1. The van der Waals surface area contributed by atoms with Gasteiger partial charge in [-0.25, -0.2) is 4.79 Å². The summed E-state index contributed by atoms with van der Waals surface area (Å²) >= 11 is 0. The minimum Gasteiger partial charge on any atom is -0.464 e. The molecule has 0 fully saturated rings. The Bertz CT molecular complexity index is 601. The number of methoxy groups -OCH3 is 1. The van der Waals surface area contributed by atoms with Crippen molar-refractivity contribution in [2.75, 3.05) is 7.11 Å². The standard InChI is InChI=1S/C17H19NO2/c1-20-17(19)16-11-14-13(9-10-15(14)18-16)8-7-12-5-3-2-4-6-12/h2-6,11,13,18H,7-10H2,1H3/t13-/m0/s1.